The Morgan fingerprint density at radius 2 is 1.90 bits per heavy atom. The molecule has 2 heterocycles. The van der Waals surface area contributed by atoms with Crippen LogP contribution in [-0.2, 0) is 6.54 Å². The first-order valence-corrected chi connectivity index (χ1v) is 7.58. The molecule has 0 spiro atoms. The van der Waals surface area contributed by atoms with Crippen molar-refractivity contribution in [1.29, 1.82) is 0 Å². The highest BCUT2D eigenvalue weighted by Crippen LogP contribution is 2.23. The average Bonchev–Trinajstić information content (AvgIpc) is 2.41. The van der Waals surface area contributed by atoms with Crippen LogP contribution in [0.4, 0.5) is 5.82 Å². The summed E-state index contributed by atoms with van der Waals surface area (Å²) in [6, 6.07) is 2.10. The van der Waals surface area contributed by atoms with Crippen LogP contribution in [0.25, 0.3) is 0 Å². The van der Waals surface area contributed by atoms with E-state index >= 15 is 0 Å². The largest absolute Gasteiger partial charge is 0.354 e. The van der Waals surface area contributed by atoms with Crippen molar-refractivity contribution in [2.75, 3.05) is 38.1 Å². The van der Waals surface area contributed by atoms with E-state index < -0.39 is 0 Å². The van der Waals surface area contributed by atoms with Gasteiger partial charge in [0.2, 0.25) is 0 Å². The highest BCUT2D eigenvalue weighted by molar-refractivity contribution is 6.31. The summed E-state index contributed by atoms with van der Waals surface area (Å²) in [6.45, 7) is 11.8. The van der Waals surface area contributed by atoms with Crippen LogP contribution in [-0.4, -0.2) is 48.6 Å². The van der Waals surface area contributed by atoms with Crippen molar-refractivity contribution in [1.82, 2.24) is 15.2 Å². The van der Waals surface area contributed by atoms with Crippen LogP contribution < -0.4 is 10.2 Å². The van der Waals surface area contributed by atoms with Gasteiger partial charge in [0.1, 0.15) is 5.82 Å². The first-order chi connectivity index (χ1) is 9.41. The molecule has 1 aromatic rings. The molecule has 20 heavy (non-hydrogen) atoms. The highest BCUT2D eigenvalue weighted by Gasteiger charge is 2.26. The van der Waals surface area contributed by atoms with Gasteiger partial charge < -0.3 is 10.2 Å². The van der Waals surface area contributed by atoms with E-state index in [0.717, 1.165) is 49.1 Å². The zero-order valence-electron chi connectivity index (χ0n) is 12.9. The SMILES string of the molecule is CNCc1cc(N2CCN(C(C)(C)C)CC2)ncc1Cl. The van der Waals surface area contributed by atoms with Crippen molar-refractivity contribution in [2.24, 2.45) is 0 Å². The molecule has 1 saturated heterocycles. The molecule has 0 aromatic carbocycles. The van der Waals surface area contributed by atoms with Gasteiger partial charge in [0, 0.05) is 44.5 Å². The molecule has 1 fully saturated rings. The second-order valence-corrected chi connectivity index (χ2v) is 6.72. The topological polar surface area (TPSA) is 31.4 Å². The van der Waals surface area contributed by atoms with Crippen molar-refractivity contribution < 1.29 is 0 Å². The van der Waals surface area contributed by atoms with E-state index in [9.17, 15) is 0 Å². The number of anilines is 1. The van der Waals surface area contributed by atoms with E-state index in [1.54, 1.807) is 6.20 Å². The molecule has 0 aliphatic carbocycles. The van der Waals surface area contributed by atoms with Gasteiger partial charge in [0.05, 0.1) is 5.02 Å². The van der Waals surface area contributed by atoms with E-state index in [1.807, 2.05) is 7.05 Å². The van der Waals surface area contributed by atoms with E-state index in [2.05, 4.69) is 46.9 Å². The summed E-state index contributed by atoms with van der Waals surface area (Å²) in [6.07, 6.45) is 1.76. The van der Waals surface area contributed by atoms with E-state index in [1.165, 1.54) is 0 Å². The van der Waals surface area contributed by atoms with Gasteiger partial charge >= 0.3 is 0 Å². The summed E-state index contributed by atoms with van der Waals surface area (Å²) < 4.78 is 0. The van der Waals surface area contributed by atoms with Crippen LogP contribution in [0.3, 0.4) is 0 Å². The zero-order valence-corrected chi connectivity index (χ0v) is 13.7. The molecule has 5 heteroatoms. The first-order valence-electron chi connectivity index (χ1n) is 7.21. The number of nitrogens with one attached hydrogen (secondary N) is 1. The third-order valence-corrected chi connectivity index (χ3v) is 4.18. The Bertz CT molecular complexity index is 448. The van der Waals surface area contributed by atoms with Crippen LogP contribution in [0.5, 0.6) is 0 Å². The molecule has 1 aliphatic heterocycles. The Labute approximate surface area is 127 Å². The number of nitrogens with zero attached hydrogens (tertiary/aromatic N) is 3. The fourth-order valence-electron chi connectivity index (χ4n) is 2.57. The minimum absolute atomic E-state index is 0.247. The Balaban J connectivity index is 2.05. The maximum absolute atomic E-state index is 6.17. The van der Waals surface area contributed by atoms with Crippen LogP contribution in [0.15, 0.2) is 12.3 Å². The fourth-order valence-corrected chi connectivity index (χ4v) is 2.74. The highest BCUT2D eigenvalue weighted by atomic mass is 35.5. The lowest BCUT2D eigenvalue weighted by Gasteiger charge is -2.42. The summed E-state index contributed by atoms with van der Waals surface area (Å²) in [4.78, 5) is 9.35. The Hall–Kier alpha value is -0.840. The quantitative estimate of drug-likeness (QED) is 0.928. The molecule has 1 aliphatic rings. The summed E-state index contributed by atoms with van der Waals surface area (Å²) in [5, 5.41) is 3.88. The minimum Gasteiger partial charge on any atom is -0.354 e. The van der Waals surface area contributed by atoms with Gasteiger partial charge in [-0.15, -0.1) is 0 Å². The zero-order chi connectivity index (χ0) is 14.8. The molecular formula is C15H25ClN4. The molecule has 0 amide bonds. The van der Waals surface area contributed by atoms with Crippen molar-refractivity contribution in [3.05, 3.63) is 22.8 Å². The van der Waals surface area contributed by atoms with E-state index in [-0.39, 0.29) is 5.54 Å². The maximum atomic E-state index is 6.17. The van der Waals surface area contributed by atoms with Crippen LogP contribution >= 0.6 is 11.6 Å². The fraction of sp³-hybridized carbons (Fsp3) is 0.667. The lowest BCUT2D eigenvalue weighted by atomic mass is 10.0. The molecule has 1 N–H and O–H groups in total. The number of halogens is 1. The molecule has 0 bridgehead atoms. The van der Waals surface area contributed by atoms with Crippen molar-refractivity contribution in [3.63, 3.8) is 0 Å². The van der Waals surface area contributed by atoms with Crippen LogP contribution in [0, 0.1) is 0 Å². The maximum Gasteiger partial charge on any atom is 0.128 e. The molecule has 1 aromatic heterocycles. The summed E-state index contributed by atoms with van der Waals surface area (Å²) in [5.74, 6) is 1.04. The molecular weight excluding hydrogens is 272 g/mol. The molecule has 0 saturated carbocycles. The summed E-state index contributed by atoms with van der Waals surface area (Å²) in [7, 11) is 1.93. The molecule has 0 radical (unpaired) electrons. The molecule has 0 unspecified atom stereocenters. The average molecular weight is 297 g/mol. The Morgan fingerprint density at radius 3 is 2.45 bits per heavy atom. The number of aromatic nitrogens is 1. The van der Waals surface area contributed by atoms with Gasteiger partial charge in [-0.2, -0.15) is 0 Å². The summed E-state index contributed by atoms with van der Waals surface area (Å²) >= 11 is 6.17. The predicted octanol–water partition coefficient (Wildman–Crippen LogP) is 2.37. The van der Waals surface area contributed by atoms with Crippen LogP contribution in [0.1, 0.15) is 26.3 Å². The third kappa shape index (κ3) is 3.62. The van der Waals surface area contributed by atoms with Crippen molar-refractivity contribution >= 4 is 17.4 Å². The smallest absolute Gasteiger partial charge is 0.128 e. The molecule has 2 rings (SSSR count). The normalized spacial score (nSPS) is 17.6. The number of hydrogen-bond acceptors (Lipinski definition) is 4. The number of rotatable bonds is 3. The van der Waals surface area contributed by atoms with Gasteiger partial charge in [-0.3, -0.25) is 4.90 Å². The van der Waals surface area contributed by atoms with Gasteiger partial charge in [0.25, 0.3) is 0 Å². The molecule has 0 atom stereocenters. The Kier molecular flexibility index (Phi) is 4.89. The molecule has 112 valence electrons. The van der Waals surface area contributed by atoms with Crippen LogP contribution in [0.2, 0.25) is 5.02 Å². The Morgan fingerprint density at radius 1 is 1.25 bits per heavy atom. The van der Waals surface area contributed by atoms with Crippen molar-refractivity contribution in [3.8, 4) is 0 Å². The third-order valence-electron chi connectivity index (χ3n) is 3.84. The number of hydrogen-bond donors (Lipinski definition) is 1. The second kappa shape index (κ2) is 6.29. The number of pyridine rings is 1. The monoisotopic (exact) mass is 296 g/mol. The summed E-state index contributed by atoms with van der Waals surface area (Å²) in [5.41, 5.74) is 1.36. The minimum atomic E-state index is 0.247. The predicted molar refractivity (Wildman–Crippen MR) is 85.5 cm³/mol. The van der Waals surface area contributed by atoms with E-state index in [4.69, 9.17) is 11.6 Å². The number of piperazine rings is 1. The standard InChI is InChI=1S/C15H25ClN4/c1-15(2,3)20-7-5-19(6-8-20)14-9-12(10-17-4)13(16)11-18-14/h9,11,17H,5-8,10H2,1-4H3. The van der Waals surface area contributed by atoms with Gasteiger partial charge in [-0.25, -0.2) is 4.98 Å². The first kappa shape index (κ1) is 15.5. The van der Waals surface area contributed by atoms with Gasteiger partial charge in [-0.1, -0.05) is 11.6 Å². The molecule has 4 nitrogen and oxygen atoms in total. The van der Waals surface area contributed by atoms with Gasteiger partial charge in [0.15, 0.2) is 0 Å². The van der Waals surface area contributed by atoms with Gasteiger partial charge in [-0.05, 0) is 39.4 Å². The lowest BCUT2D eigenvalue weighted by Crippen LogP contribution is -2.53. The second-order valence-electron chi connectivity index (χ2n) is 6.31. The lowest BCUT2D eigenvalue weighted by molar-refractivity contribution is 0.128. The van der Waals surface area contributed by atoms with E-state index in [0.29, 0.717) is 0 Å². The van der Waals surface area contributed by atoms with Crippen molar-refractivity contribution in [2.45, 2.75) is 32.9 Å².